The lowest BCUT2D eigenvalue weighted by Crippen LogP contribution is -2.54. The molecular formula is C22H41N3O. The fraction of sp³-hybridized carbons (Fsp3) is 0.955. The molecule has 0 aromatic heterocycles. The van der Waals surface area contributed by atoms with E-state index in [1.165, 1.54) is 77.4 Å². The summed E-state index contributed by atoms with van der Waals surface area (Å²) in [5.41, 5.74) is 0. The van der Waals surface area contributed by atoms with E-state index >= 15 is 0 Å². The topological polar surface area (TPSA) is 26.8 Å². The van der Waals surface area contributed by atoms with Crippen LogP contribution in [-0.4, -0.2) is 72.0 Å². The van der Waals surface area contributed by atoms with E-state index < -0.39 is 0 Å². The Balaban J connectivity index is 1.45. The van der Waals surface area contributed by atoms with Crippen molar-refractivity contribution in [3.63, 3.8) is 0 Å². The molecule has 150 valence electrons. The van der Waals surface area contributed by atoms with Gasteiger partial charge >= 0.3 is 0 Å². The number of carbonyl (C=O) groups is 1. The molecule has 4 nitrogen and oxygen atoms in total. The Morgan fingerprint density at radius 1 is 0.885 bits per heavy atom. The highest BCUT2D eigenvalue weighted by molar-refractivity contribution is 5.82. The molecule has 26 heavy (non-hydrogen) atoms. The Hall–Kier alpha value is -0.610. The molecule has 3 saturated heterocycles. The molecule has 0 spiro atoms. The van der Waals surface area contributed by atoms with Gasteiger partial charge in [-0.2, -0.15) is 0 Å². The molecule has 3 aliphatic rings. The standard InChI is InChI=1S/C22H41N3O/c1-3-21-10-6-9-15-25(21)22(26)19(2)24-16-11-20(12-17-24)18-23-13-7-4-5-8-14-23/h19-21H,3-18H2,1-2H3. The van der Waals surface area contributed by atoms with Crippen molar-refractivity contribution in [3.05, 3.63) is 0 Å². The maximum absolute atomic E-state index is 13.1. The number of hydrogen-bond donors (Lipinski definition) is 0. The maximum Gasteiger partial charge on any atom is 0.239 e. The van der Waals surface area contributed by atoms with Gasteiger partial charge < -0.3 is 9.80 Å². The lowest BCUT2D eigenvalue weighted by atomic mass is 9.94. The predicted octanol–water partition coefficient (Wildman–Crippen LogP) is 3.75. The third-order valence-corrected chi connectivity index (χ3v) is 7.15. The average Bonchev–Trinajstić information content (AvgIpc) is 2.96. The molecule has 2 unspecified atom stereocenters. The largest absolute Gasteiger partial charge is 0.338 e. The highest BCUT2D eigenvalue weighted by atomic mass is 16.2. The van der Waals surface area contributed by atoms with Crippen LogP contribution in [0, 0.1) is 5.92 Å². The molecule has 0 radical (unpaired) electrons. The molecule has 0 N–H and O–H groups in total. The minimum atomic E-state index is 0.0706. The lowest BCUT2D eigenvalue weighted by Gasteiger charge is -2.41. The van der Waals surface area contributed by atoms with E-state index in [1.807, 2.05) is 0 Å². The minimum Gasteiger partial charge on any atom is -0.338 e. The molecule has 3 rings (SSSR count). The first-order valence-corrected chi connectivity index (χ1v) is 11.5. The van der Waals surface area contributed by atoms with Crippen molar-refractivity contribution in [1.29, 1.82) is 0 Å². The van der Waals surface area contributed by atoms with Gasteiger partial charge in [-0.05, 0) is 90.4 Å². The van der Waals surface area contributed by atoms with Gasteiger partial charge in [0, 0.05) is 19.1 Å². The van der Waals surface area contributed by atoms with Crippen LogP contribution in [0.1, 0.15) is 78.1 Å². The third kappa shape index (κ3) is 5.22. The Morgan fingerprint density at radius 2 is 1.54 bits per heavy atom. The summed E-state index contributed by atoms with van der Waals surface area (Å²) in [6, 6.07) is 0.556. The monoisotopic (exact) mass is 363 g/mol. The van der Waals surface area contributed by atoms with Gasteiger partial charge in [-0.15, -0.1) is 0 Å². The van der Waals surface area contributed by atoms with E-state index in [2.05, 4.69) is 28.5 Å². The summed E-state index contributed by atoms with van der Waals surface area (Å²) >= 11 is 0. The first-order valence-electron chi connectivity index (χ1n) is 11.5. The van der Waals surface area contributed by atoms with Gasteiger partial charge in [0.25, 0.3) is 0 Å². The van der Waals surface area contributed by atoms with Crippen LogP contribution in [0.5, 0.6) is 0 Å². The van der Waals surface area contributed by atoms with E-state index in [1.54, 1.807) is 0 Å². The second-order valence-electron chi connectivity index (χ2n) is 8.96. The van der Waals surface area contributed by atoms with E-state index in [9.17, 15) is 4.79 Å². The number of likely N-dealkylation sites (tertiary alicyclic amines) is 3. The summed E-state index contributed by atoms with van der Waals surface area (Å²) in [4.78, 5) is 20.5. The fourth-order valence-electron chi connectivity index (χ4n) is 5.32. The number of carbonyl (C=O) groups excluding carboxylic acids is 1. The second kappa shape index (κ2) is 10.1. The van der Waals surface area contributed by atoms with Crippen molar-refractivity contribution < 1.29 is 4.79 Å². The van der Waals surface area contributed by atoms with Crippen LogP contribution in [0.2, 0.25) is 0 Å². The quantitative estimate of drug-likeness (QED) is 0.744. The summed E-state index contributed by atoms with van der Waals surface area (Å²) in [5.74, 6) is 1.23. The smallest absolute Gasteiger partial charge is 0.239 e. The molecule has 4 heteroatoms. The van der Waals surface area contributed by atoms with Crippen LogP contribution in [0.4, 0.5) is 0 Å². The van der Waals surface area contributed by atoms with Gasteiger partial charge in [-0.3, -0.25) is 9.69 Å². The molecule has 3 aliphatic heterocycles. The zero-order valence-corrected chi connectivity index (χ0v) is 17.3. The Kier molecular flexibility index (Phi) is 7.80. The maximum atomic E-state index is 13.1. The highest BCUT2D eigenvalue weighted by Gasteiger charge is 2.33. The van der Waals surface area contributed by atoms with Gasteiger partial charge in [-0.25, -0.2) is 0 Å². The molecule has 0 aliphatic carbocycles. The number of nitrogens with zero attached hydrogens (tertiary/aromatic N) is 3. The van der Waals surface area contributed by atoms with Crippen LogP contribution < -0.4 is 0 Å². The summed E-state index contributed by atoms with van der Waals surface area (Å²) in [6.07, 6.45) is 12.9. The molecule has 0 saturated carbocycles. The van der Waals surface area contributed by atoms with Gasteiger partial charge in [0.05, 0.1) is 6.04 Å². The first kappa shape index (κ1) is 20.1. The van der Waals surface area contributed by atoms with Crippen LogP contribution in [0.3, 0.4) is 0 Å². The van der Waals surface area contributed by atoms with Crippen molar-refractivity contribution in [2.75, 3.05) is 39.3 Å². The second-order valence-corrected chi connectivity index (χ2v) is 8.96. The first-order chi connectivity index (χ1) is 12.7. The van der Waals surface area contributed by atoms with Gasteiger partial charge in [0.2, 0.25) is 5.91 Å². The summed E-state index contributed by atoms with van der Waals surface area (Å²) < 4.78 is 0. The number of amides is 1. The molecular weight excluding hydrogens is 322 g/mol. The van der Waals surface area contributed by atoms with Gasteiger partial charge in [0.15, 0.2) is 0 Å². The van der Waals surface area contributed by atoms with E-state index in [-0.39, 0.29) is 6.04 Å². The zero-order chi connectivity index (χ0) is 18.4. The van der Waals surface area contributed by atoms with Gasteiger partial charge in [-0.1, -0.05) is 19.8 Å². The molecule has 2 atom stereocenters. The van der Waals surface area contributed by atoms with Crippen molar-refractivity contribution >= 4 is 5.91 Å². The molecule has 3 heterocycles. The average molecular weight is 364 g/mol. The molecule has 0 bridgehead atoms. The van der Waals surface area contributed by atoms with Crippen LogP contribution in [0.25, 0.3) is 0 Å². The Bertz CT molecular complexity index is 425. The summed E-state index contributed by atoms with van der Waals surface area (Å²) in [7, 11) is 0. The number of piperidine rings is 2. The summed E-state index contributed by atoms with van der Waals surface area (Å²) in [6.45, 7) is 11.5. The van der Waals surface area contributed by atoms with Crippen molar-refractivity contribution in [2.45, 2.75) is 90.1 Å². The predicted molar refractivity (Wildman–Crippen MR) is 108 cm³/mol. The number of rotatable bonds is 5. The molecule has 0 aromatic carbocycles. The normalized spacial score (nSPS) is 28.7. The summed E-state index contributed by atoms with van der Waals surface area (Å²) in [5, 5.41) is 0. The number of hydrogen-bond acceptors (Lipinski definition) is 3. The van der Waals surface area contributed by atoms with Crippen LogP contribution in [0.15, 0.2) is 0 Å². The van der Waals surface area contributed by atoms with Crippen molar-refractivity contribution in [1.82, 2.24) is 14.7 Å². The minimum absolute atomic E-state index is 0.0706. The fourth-order valence-corrected chi connectivity index (χ4v) is 5.32. The Morgan fingerprint density at radius 3 is 2.19 bits per heavy atom. The van der Waals surface area contributed by atoms with E-state index in [0.717, 1.165) is 32.0 Å². The molecule has 3 fully saturated rings. The van der Waals surface area contributed by atoms with E-state index in [4.69, 9.17) is 0 Å². The lowest BCUT2D eigenvalue weighted by molar-refractivity contribution is -0.140. The van der Waals surface area contributed by atoms with Crippen molar-refractivity contribution in [2.24, 2.45) is 5.92 Å². The highest BCUT2D eigenvalue weighted by Crippen LogP contribution is 2.25. The molecule has 0 aromatic rings. The molecule has 1 amide bonds. The third-order valence-electron chi connectivity index (χ3n) is 7.15. The van der Waals surface area contributed by atoms with Crippen LogP contribution >= 0.6 is 0 Å². The Labute approximate surface area is 161 Å². The SMILES string of the molecule is CCC1CCCCN1C(=O)C(C)N1CCC(CN2CCCCCC2)CC1. The van der Waals surface area contributed by atoms with Crippen LogP contribution in [-0.2, 0) is 4.79 Å². The van der Waals surface area contributed by atoms with Crippen molar-refractivity contribution in [3.8, 4) is 0 Å². The zero-order valence-electron chi connectivity index (χ0n) is 17.3. The van der Waals surface area contributed by atoms with E-state index in [0.29, 0.717) is 11.9 Å². The van der Waals surface area contributed by atoms with Gasteiger partial charge in [0.1, 0.15) is 0 Å².